The first kappa shape index (κ1) is 10.7. The van der Waals surface area contributed by atoms with E-state index in [0.717, 1.165) is 25.7 Å². The molecule has 96 valence electrons. The molecule has 4 rings (SSSR count). The molecule has 1 aliphatic carbocycles. The highest BCUT2D eigenvalue weighted by molar-refractivity contribution is 4.98. The van der Waals surface area contributed by atoms with E-state index in [4.69, 9.17) is 23.7 Å². The Balaban J connectivity index is 1.56. The highest BCUT2D eigenvalue weighted by Crippen LogP contribution is 2.47. The molecule has 3 saturated heterocycles. The van der Waals surface area contributed by atoms with Crippen LogP contribution in [0.1, 0.15) is 25.7 Å². The zero-order valence-corrected chi connectivity index (χ0v) is 9.85. The summed E-state index contributed by atoms with van der Waals surface area (Å²) in [6.45, 7) is 2.75. The second-order valence-electron chi connectivity index (χ2n) is 5.34. The summed E-state index contributed by atoms with van der Waals surface area (Å²) in [7, 11) is 0. The highest BCUT2D eigenvalue weighted by atomic mass is 16.8. The van der Waals surface area contributed by atoms with Crippen LogP contribution in [0, 0.1) is 0 Å². The highest BCUT2D eigenvalue weighted by Gasteiger charge is 2.56. The second-order valence-corrected chi connectivity index (χ2v) is 5.34. The van der Waals surface area contributed by atoms with Crippen molar-refractivity contribution in [2.45, 2.75) is 49.5 Å². The van der Waals surface area contributed by atoms with Crippen LogP contribution in [0.4, 0.5) is 0 Å². The van der Waals surface area contributed by atoms with Crippen molar-refractivity contribution in [3.05, 3.63) is 0 Å². The Bertz CT molecular complexity index is 276. The summed E-state index contributed by atoms with van der Waals surface area (Å²) in [6.07, 6.45) is 3.90. The topological polar surface area (TPSA) is 49.5 Å². The van der Waals surface area contributed by atoms with Gasteiger partial charge in [0.2, 0.25) is 0 Å². The van der Waals surface area contributed by atoms with E-state index in [0.29, 0.717) is 26.4 Å². The summed E-state index contributed by atoms with van der Waals surface area (Å²) in [4.78, 5) is 0. The van der Waals surface area contributed by atoms with E-state index in [1.54, 1.807) is 0 Å². The molecule has 5 heteroatoms. The summed E-state index contributed by atoms with van der Waals surface area (Å²) in [5.41, 5.74) is 0. The van der Waals surface area contributed by atoms with Gasteiger partial charge in [0.05, 0.1) is 38.6 Å². The minimum Gasteiger partial charge on any atom is -0.369 e. The van der Waals surface area contributed by atoms with E-state index in [1.165, 1.54) is 0 Å². The van der Waals surface area contributed by atoms with E-state index in [1.807, 2.05) is 0 Å². The van der Waals surface area contributed by atoms with Gasteiger partial charge < -0.3 is 23.7 Å². The fourth-order valence-electron chi connectivity index (χ4n) is 3.25. The third-order valence-corrected chi connectivity index (χ3v) is 4.23. The summed E-state index contributed by atoms with van der Waals surface area (Å²) < 4.78 is 28.9. The average Bonchev–Trinajstić information content (AvgIpc) is 2.77. The molecule has 0 aromatic rings. The van der Waals surface area contributed by atoms with Crippen molar-refractivity contribution < 1.29 is 23.7 Å². The molecule has 0 aromatic heterocycles. The smallest absolute Gasteiger partial charge is 0.171 e. The number of fused-ring (bicyclic) bond motifs is 1. The monoisotopic (exact) mass is 242 g/mol. The molecule has 2 spiro atoms. The number of ether oxygens (including phenoxy) is 5. The summed E-state index contributed by atoms with van der Waals surface area (Å²) in [5, 5.41) is 0. The summed E-state index contributed by atoms with van der Waals surface area (Å²) in [5.74, 6) is -0.885. The molecule has 0 aromatic carbocycles. The molecule has 5 nitrogen and oxygen atoms in total. The molecule has 0 radical (unpaired) electrons. The molecule has 1 saturated carbocycles. The maximum atomic E-state index is 5.80. The maximum absolute atomic E-state index is 5.80. The Morgan fingerprint density at radius 1 is 0.647 bits per heavy atom. The lowest BCUT2D eigenvalue weighted by atomic mass is 9.91. The van der Waals surface area contributed by atoms with Gasteiger partial charge in [0.1, 0.15) is 0 Å². The zero-order valence-electron chi connectivity index (χ0n) is 9.85. The molecule has 3 aliphatic heterocycles. The average molecular weight is 242 g/mol. The molecular weight excluding hydrogens is 224 g/mol. The normalized spacial score (nSPS) is 42.4. The van der Waals surface area contributed by atoms with E-state index >= 15 is 0 Å². The standard InChI is InChI=1S/C12H18O5/c1-2-12(15-5-6-16-12)8-10-9(17-10)7-11(1)13-3-4-14-11/h9-10H,1-8H2/t9-,10+. The van der Waals surface area contributed by atoms with Crippen LogP contribution in [0.15, 0.2) is 0 Å². The maximum Gasteiger partial charge on any atom is 0.171 e. The van der Waals surface area contributed by atoms with Crippen molar-refractivity contribution in [3.63, 3.8) is 0 Å². The minimum atomic E-state index is -0.442. The summed E-state index contributed by atoms with van der Waals surface area (Å²) >= 11 is 0. The van der Waals surface area contributed by atoms with Crippen LogP contribution in [-0.2, 0) is 23.7 Å². The lowest BCUT2D eigenvalue weighted by Gasteiger charge is -2.34. The summed E-state index contributed by atoms with van der Waals surface area (Å²) in [6, 6.07) is 0. The third kappa shape index (κ3) is 1.81. The van der Waals surface area contributed by atoms with Crippen molar-refractivity contribution in [2.24, 2.45) is 0 Å². The van der Waals surface area contributed by atoms with Crippen LogP contribution >= 0.6 is 0 Å². The Labute approximate surface area is 100 Å². The molecule has 0 N–H and O–H groups in total. The Hall–Kier alpha value is -0.200. The number of rotatable bonds is 0. The second kappa shape index (κ2) is 3.65. The van der Waals surface area contributed by atoms with E-state index in [-0.39, 0.29) is 12.2 Å². The first-order valence-electron chi connectivity index (χ1n) is 6.51. The van der Waals surface area contributed by atoms with Crippen LogP contribution in [-0.4, -0.2) is 50.2 Å². The fourth-order valence-corrected chi connectivity index (χ4v) is 3.25. The number of hydrogen-bond donors (Lipinski definition) is 0. The van der Waals surface area contributed by atoms with Crippen molar-refractivity contribution >= 4 is 0 Å². The van der Waals surface area contributed by atoms with E-state index in [2.05, 4.69) is 0 Å². The first-order valence-corrected chi connectivity index (χ1v) is 6.51. The molecule has 4 fully saturated rings. The lowest BCUT2D eigenvalue weighted by molar-refractivity contribution is -0.213. The zero-order chi connectivity index (χ0) is 11.3. The van der Waals surface area contributed by atoms with Gasteiger partial charge in [-0.1, -0.05) is 0 Å². The van der Waals surface area contributed by atoms with Crippen molar-refractivity contribution in [1.29, 1.82) is 0 Å². The Morgan fingerprint density at radius 2 is 1.06 bits per heavy atom. The van der Waals surface area contributed by atoms with Crippen molar-refractivity contribution in [3.8, 4) is 0 Å². The SMILES string of the molecule is C1COC2(CCC3(C[C@H]4O[C@H]4C2)OCCO3)O1. The van der Waals surface area contributed by atoms with E-state index in [9.17, 15) is 0 Å². The molecule has 17 heavy (non-hydrogen) atoms. The van der Waals surface area contributed by atoms with Crippen molar-refractivity contribution in [2.75, 3.05) is 26.4 Å². The molecule has 0 amide bonds. The van der Waals surface area contributed by atoms with Gasteiger partial charge in [0, 0.05) is 25.7 Å². The van der Waals surface area contributed by atoms with Crippen LogP contribution < -0.4 is 0 Å². The molecule has 2 atom stereocenters. The van der Waals surface area contributed by atoms with Crippen LogP contribution in [0.25, 0.3) is 0 Å². The van der Waals surface area contributed by atoms with Crippen LogP contribution in [0.3, 0.4) is 0 Å². The predicted molar refractivity (Wildman–Crippen MR) is 56.4 cm³/mol. The Morgan fingerprint density at radius 3 is 1.47 bits per heavy atom. The van der Waals surface area contributed by atoms with Gasteiger partial charge in [-0.15, -0.1) is 0 Å². The van der Waals surface area contributed by atoms with Gasteiger partial charge in [-0.3, -0.25) is 0 Å². The van der Waals surface area contributed by atoms with Gasteiger partial charge in [-0.05, 0) is 0 Å². The third-order valence-electron chi connectivity index (χ3n) is 4.23. The van der Waals surface area contributed by atoms with Crippen LogP contribution in [0.2, 0.25) is 0 Å². The van der Waals surface area contributed by atoms with Gasteiger partial charge >= 0.3 is 0 Å². The number of epoxide rings is 1. The van der Waals surface area contributed by atoms with Gasteiger partial charge in [-0.2, -0.15) is 0 Å². The van der Waals surface area contributed by atoms with Crippen LogP contribution in [0.5, 0.6) is 0 Å². The first-order chi connectivity index (χ1) is 8.29. The largest absolute Gasteiger partial charge is 0.369 e. The number of hydrogen-bond acceptors (Lipinski definition) is 5. The quantitative estimate of drug-likeness (QED) is 0.588. The fraction of sp³-hybridized carbons (Fsp3) is 1.00. The van der Waals surface area contributed by atoms with Gasteiger partial charge in [-0.25, -0.2) is 0 Å². The van der Waals surface area contributed by atoms with Gasteiger partial charge in [0.15, 0.2) is 11.6 Å². The predicted octanol–water partition coefficient (Wildman–Crippen LogP) is 0.814. The molecule has 0 unspecified atom stereocenters. The molecule has 3 heterocycles. The van der Waals surface area contributed by atoms with Gasteiger partial charge in [0.25, 0.3) is 0 Å². The molecule has 0 bridgehead atoms. The minimum absolute atomic E-state index is 0.262. The molecular formula is C12H18O5. The lowest BCUT2D eigenvalue weighted by Crippen LogP contribution is -2.41. The Kier molecular flexibility index (Phi) is 2.30. The van der Waals surface area contributed by atoms with Crippen molar-refractivity contribution in [1.82, 2.24) is 0 Å². The molecule has 4 aliphatic rings. The van der Waals surface area contributed by atoms with E-state index < -0.39 is 11.6 Å².